The first-order chi connectivity index (χ1) is 17.7. The van der Waals surface area contributed by atoms with Crippen LogP contribution >= 0.6 is 0 Å². The van der Waals surface area contributed by atoms with Crippen molar-refractivity contribution in [2.24, 2.45) is 12.8 Å². The van der Waals surface area contributed by atoms with E-state index >= 15 is 0 Å². The predicted molar refractivity (Wildman–Crippen MR) is 137 cm³/mol. The van der Waals surface area contributed by atoms with Crippen LogP contribution in [0.4, 0.5) is 20.2 Å². The Morgan fingerprint density at radius 2 is 1.84 bits per heavy atom. The Bertz CT molecular complexity index is 1560. The van der Waals surface area contributed by atoms with Gasteiger partial charge in [-0.2, -0.15) is 9.78 Å². The lowest BCUT2D eigenvalue weighted by molar-refractivity contribution is 0.102. The topological polar surface area (TPSA) is 111 Å². The third-order valence-corrected chi connectivity index (χ3v) is 6.55. The molecule has 1 saturated heterocycles. The molecule has 11 heteroatoms. The molecule has 4 aromatic rings. The maximum Gasteiger partial charge on any atom is 0.276 e. The predicted octanol–water partition coefficient (Wildman–Crippen LogP) is 3.31. The van der Waals surface area contributed by atoms with Crippen molar-refractivity contribution in [1.29, 1.82) is 0 Å². The molecule has 1 amide bonds. The summed E-state index contributed by atoms with van der Waals surface area (Å²) in [6.45, 7) is 5.43. The standard InChI is InChI=1S/C26H27F2N7O2/c1-14(2)25-31-22-20(33(25)3)9-7-18(24(22)34-12-11-15(29)13-34)30-26(37)19-8-10-21(36)35(32-19)23-16(27)5-4-6-17(23)28/h4-10,14-15H,11-13,29H2,1-3H3,(H,30,37)/t15-/m1/s1. The van der Waals surface area contributed by atoms with Gasteiger partial charge in [-0.15, -0.1) is 0 Å². The number of hydrogen-bond acceptors (Lipinski definition) is 6. The maximum atomic E-state index is 14.3. The number of fused-ring (bicyclic) bond motifs is 1. The summed E-state index contributed by atoms with van der Waals surface area (Å²) < 4.78 is 31.2. The molecule has 1 aliphatic rings. The molecule has 0 unspecified atom stereocenters. The number of carbonyl (C=O) groups is 1. The van der Waals surface area contributed by atoms with Crippen LogP contribution in [0, 0.1) is 11.6 Å². The number of para-hydroxylation sites is 1. The van der Waals surface area contributed by atoms with Crippen LogP contribution in [-0.4, -0.2) is 44.4 Å². The number of hydrogen-bond donors (Lipinski definition) is 2. The van der Waals surface area contributed by atoms with E-state index in [-0.39, 0.29) is 17.7 Å². The van der Waals surface area contributed by atoms with Crippen molar-refractivity contribution in [1.82, 2.24) is 19.3 Å². The number of nitrogens with one attached hydrogen (secondary N) is 1. The molecule has 1 aliphatic heterocycles. The zero-order valence-corrected chi connectivity index (χ0v) is 20.7. The molecular weight excluding hydrogens is 480 g/mol. The molecule has 2 aromatic heterocycles. The van der Waals surface area contributed by atoms with Gasteiger partial charge in [0.2, 0.25) is 0 Å². The summed E-state index contributed by atoms with van der Waals surface area (Å²) in [7, 11) is 1.96. The van der Waals surface area contributed by atoms with Gasteiger partial charge in [0.1, 0.15) is 22.7 Å². The van der Waals surface area contributed by atoms with Gasteiger partial charge in [0.15, 0.2) is 11.6 Å². The molecule has 3 N–H and O–H groups in total. The molecule has 5 rings (SSSR count). The van der Waals surface area contributed by atoms with Gasteiger partial charge in [-0.25, -0.2) is 13.8 Å². The summed E-state index contributed by atoms with van der Waals surface area (Å²) in [4.78, 5) is 32.6. The molecule has 0 bridgehead atoms. The summed E-state index contributed by atoms with van der Waals surface area (Å²) in [5.41, 5.74) is 7.47. The molecule has 1 atom stereocenters. The molecular formula is C26H27F2N7O2. The van der Waals surface area contributed by atoms with Gasteiger partial charge in [0.25, 0.3) is 11.5 Å². The second-order valence-electron chi connectivity index (χ2n) is 9.50. The van der Waals surface area contributed by atoms with Crippen LogP contribution in [0.15, 0.2) is 47.3 Å². The maximum absolute atomic E-state index is 14.3. The largest absolute Gasteiger partial charge is 0.366 e. The van der Waals surface area contributed by atoms with Gasteiger partial charge in [-0.1, -0.05) is 19.9 Å². The number of amides is 1. The average Bonchev–Trinajstić information content (AvgIpc) is 3.43. The minimum Gasteiger partial charge on any atom is -0.366 e. The number of imidazole rings is 1. The fraction of sp³-hybridized carbons (Fsp3) is 0.308. The smallest absolute Gasteiger partial charge is 0.276 e. The number of anilines is 2. The van der Waals surface area contributed by atoms with E-state index in [2.05, 4.69) is 29.2 Å². The van der Waals surface area contributed by atoms with Crippen LogP contribution in [0.25, 0.3) is 16.7 Å². The summed E-state index contributed by atoms with van der Waals surface area (Å²) in [5.74, 6) is -1.49. The number of nitrogens with zero attached hydrogens (tertiary/aromatic N) is 5. The van der Waals surface area contributed by atoms with E-state index in [0.29, 0.717) is 23.5 Å². The number of halogens is 2. The van der Waals surface area contributed by atoms with E-state index in [1.807, 2.05) is 17.7 Å². The lowest BCUT2D eigenvalue weighted by Gasteiger charge is -2.22. The van der Waals surface area contributed by atoms with Crippen LogP contribution in [0.5, 0.6) is 0 Å². The highest BCUT2D eigenvalue weighted by molar-refractivity contribution is 6.08. The van der Waals surface area contributed by atoms with Crippen molar-refractivity contribution in [3.8, 4) is 5.69 Å². The lowest BCUT2D eigenvalue weighted by atomic mass is 10.2. The molecule has 0 spiro atoms. The SMILES string of the molecule is CC(C)c1nc2c(N3CC[C@@H](N)C3)c(NC(=O)c3ccc(=O)n(-c4c(F)cccc4F)n3)ccc2n1C. The Hall–Kier alpha value is -4.12. The Balaban J connectivity index is 1.58. The zero-order valence-electron chi connectivity index (χ0n) is 20.7. The van der Waals surface area contributed by atoms with Crippen LogP contribution < -0.4 is 21.5 Å². The highest BCUT2D eigenvalue weighted by atomic mass is 19.1. The number of carbonyl (C=O) groups excluding carboxylic acids is 1. The van der Waals surface area contributed by atoms with Gasteiger partial charge in [0.05, 0.1) is 16.9 Å². The highest BCUT2D eigenvalue weighted by Crippen LogP contribution is 2.37. The Kier molecular flexibility index (Phi) is 6.24. The van der Waals surface area contributed by atoms with E-state index < -0.39 is 28.8 Å². The monoisotopic (exact) mass is 507 g/mol. The van der Waals surface area contributed by atoms with Gasteiger partial charge in [-0.3, -0.25) is 9.59 Å². The summed E-state index contributed by atoms with van der Waals surface area (Å²) in [5, 5.41) is 6.82. The quantitative estimate of drug-likeness (QED) is 0.429. The van der Waals surface area contributed by atoms with Crippen molar-refractivity contribution in [2.75, 3.05) is 23.3 Å². The normalized spacial score (nSPS) is 15.6. The molecule has 192 valence electrons. The van der Waals surface area contributed by atoms with Crippen LogP contribution in [0.1, 0.15) is 42.5 Å². The van der Waals surface area contributed by atoms with Gasteiger partial charge >= 0.3 is 0 Å². The number of aromatic nitrogens is 4. The summed E-state index contributed by atoms with van der Waals surface area (Å²) in [6.07, 6.45) is 0.800. The molecule has 1 fully saturated rings. The Labute approximate surface area is 211 Å². The van der Waals surface area contributed by atoms with Crippen molar-refractivity contribution < 1.29 is 13.6 Å². The molecule has 0 saturated carbocycles. The second-order valence-corrected chi connectivity index (χ2v) is 9.50. The number of nitrogens with two attached hydrogens (primary N) is 1. The molecule has 0 radical (unpaired) electrons. The summed E-state index contributed by atoms with van der Waals surface area (Å²) in [6, 6.07) is 9.14. The van der Waals surface area contributed by atoms with Crippen molar-refractivity contribution in [3.63, 3.8) is 0 Å². The van der Waals surface area contributed by atoms with E-state index in [4.69, 9.17) is 10.7 Å². The first kappa shape index (κ1) is 24.6. The summed E-state index contributed by atoms with van der Waals surface area (Å²) >= 11 is 0. The highest BCUT2D eigenvalue weighted by Gasteiger charge is 2.27. The Morgan fingerprint density at radius 1 is 1.11 bits per heavy atom. The third-order valence-electron chi connectivity index (χ3n) is 6.55. The van der Waals surface area contributed by atoms with E-state index in [9.17, 15) is 18.4 Å². The molecule has 9 nitrogen and oxygen atoms in total. The van der Waals surface area contributed by atoms with Crippen molar-refractivity contribution in [2.45, 2.75) is 32.2 Å². The molecule has 2 aromatic carbocycles. The number of benzene rings is 2. The van der Waals surface area contributed by atoms with E-state index in [1.54, 1.807) is 6.07 Å². The first-order valence-corrected chi connectivity index (χ1v) is 12.0. The van der Waals surface area contributed by atoms with Crippen LogP contribution in [0.2, 0.25) is 0 Å². The fourth-order valence-electron chi connectivity index (χ4n) is 4.76. The zero-order chi connectivity index (χ0) is 26.4. The number of aryl methyl sites for hydroxylation is 1. The van der Waals surface area contributed by atoms with Crippen molar-refractivity contribution in [3.05, 3.63) is 76.0 Å². The van der Waals surface area contributed by atoms with Gasteiger partial charge < -0.3 is 20.5 Å². The minimum absolute atomic E-state index is 0.00650. The number of rotatable bonds is 5. The third kappa shape index (κ3) is 4.35. The lowest BCUT2D eigenvalue weighted by Crippen LogP contribution is -2.28. The molecule has 0 aliphatic carbocycles. The van der Waals surface area contributed by atoms with Crippen LogP contribution in [0.3, 0.4) is 0 Å². The van der Waals surface area contributed by atoms with Crippen molar-refractivity contribution >= 4 is 28.3 Å². The fourth-order valence-corrected chi connectivity index (χ4v) is 4.76. The molecule has 37 heavy (non-hydrogen) atoms. The van der Waals surface area contributed by atoms with Gasteiger partial charge in [0, 0.05) is 38.2 Å². The van der Waals surface area contributed by atoms with Gasteiger partial charge in [-0.05, 0) is 36.8 Å². The minimum atomic E-state index is -0.971. The van der Waals surface area contributed by atoms with E-state index in [0.717, 1.165) is 47.2 Å². The van der Waals surface area contributed by atoms with E-state index in [1.165, 1.54) is 12.1 Å². The Morgan fingerprint density at radius 3 is 2.49 bits per heavy atom. The van der Waals surface area contributed by atoms with Crippen LogP contribution in [-0.2, 0) is 7.05 Å². The second kappa shape index (κ2) is 9.40. The molecule has 3 heterocycles. The first-order valence-electron chi connectivity index (χ1n) is 12.0. The average molecular weight is 508 g/mol.